The van der Waals surface area contributed by atoms with Gasteiger partial charge in [0.2, 0.25) is 41.4 Å². The van der Waals surface area contributed by atoms with E-state index >= 15 is 0 Å². The molecule has 0 saturated carbocycles. The molecule has 9 atom stereocenters. The Balaban J connectivity index is 1.10. The zero-order chi connectivity index (χ0) is 72.1. The van der Waals surface area contributed by atoms with Crippen molar-refractivity contribution in [2.24, 2.45) is 26.4 Å². The SMILES string of the molecule is C=N[C@H]1CSC[C@H](CC(N)=O)NC(=O)c2ccc3nc2[C@@H](C)NC(=O)[C@@H]2CCCN2C(=O)C(=C)NC(=O)CNC(=O)[C@H](CCCCN)NC(=O)[C@@](C)(NC(=O)/C(=C/C)NC1=O)SC[C@@H](C(=O)O)NC(=O)[C@H]1CSC(=N1)c1csc(n1)-c1csc(n1)C(=C)NC(=O)[C@@H]1CSC(=N1)c1csc-3n1. The normalized spacial score (nSPS) is 25.8. The number of carboxylic acid groups (broad SMARTS) is 1. The van der Waals surface area contributed by atoms with Gasteiger partial charge in [-0.2, -0.15) is 11.8 Å². The Morgan fingerprint density at radius 2 is 1.40 bits per heavy atom. The smallest absolute Gasteiger partial charge is 0.327 e. The van der Waals surface area contributed by atoms with Crippen molar-refractivity contribution in [2.75, 3.05) is 48.4 Å². The number of thiazole rings is 3. The van der Waals surface area contributed by atoms with E-state index in [1.54, 1.807) is 23.1 Å². The standard InChI is InChI=1S/C61H71N19O13S7/c1-7-32-51(88)79-61(5)60(93)78-33(11-8-9-15-62)47(84)65-18-44(82)66-29(4)58(90)80-16-10-12-42(80)52(89)67-27(2)45-31(46(83)69-30(17-43(63)81)19-94-20-35(64-6)48(85)71-32)13-14-34(70-45)54-76-39(24-98-54)55-73-36(21-96-55)49(86)68-28(3)53-75-38(23-95-53)57-77-40(25-99-57)56-74-37(22-97-56)50(87)72-41(26-100-61)59(91)92/h7,13-14,23-25,27,30,33,35-37,41-42H,3-4,6,8-12,15-22,26,62H2,1-2,5H3,(H2,63,81)(H,65,84)(H,66,82)(H,67,89)(H,68,86)(H,69,83)(H,71,85)(H,72,87)(H,78,93)(H,79,88)(H,91,92)/b32-7-/t27-,30+,33+,35+,36+,37-,41+,42+,61+/m1/s1. The van der Waals surface area contributed by atoms with Crippen LogP contribution < -0.4 is 59.3 Å². The molecule has 39 heteroatoms. The molecule has 530 valence electrons. The van der Waals surface area contributed by atoms with Crippen molar-refractivity contribution in [1.82, 2.24) is 72.7 Å². The molecule has 10 heterocycles. The van der Waals surface area contributed by atoms with Crippen LogP contribution in [-0.4, -0.2) is 213 Å². The minimum absolute atomic E-state index is 0.0310. The summed E-state index contributed by atoms with van der Waals surface area (Å²) in [5, 5.41) is 41.4. The number of allylic oxidation sites excluding steroid dienone is 1. The monoisotopic (exact) mass is 1500 g/mol. The third kappa shape index (κ3) is 18.8. The topological polar surface area (TPSA) is 477 Å². The van der Waals surface area contributed by atoms with Gasteiger partial charge in [0.05, 0.1) is 40.9 Å². The van der Waals surface area contributed by atoms with Crippen molar-refractivity contribution >= 4 is 175 Å². The average molecular weight is 1500 g/mol. The molecule has 0 aliphatic carbocycles. The van der Waals surface area contributed by atoms with Crippen LogP contribution in [0.15, 0.2) is 73.9 Å². The van der Waals surface area contributed by atoms with Crippen molar-refractivity contribution in [3.8, 4) is 21.4 Å². The number of hydrogen-bond donors (Lipinski definition) is 12. The Labute approximate surface area is 601 Å². The molecule has 0 radical (unpaired) electrons. The number of aromatic nitrogens is 4. The third-order valence-electron chi connectivity index (χ3n) is 15.8. The Hall–Kier alpha value is -8.73. The Bertz CT molecular complexity index is 4060. The molecular weight excluding hydrogens is 1430 g/mol. The minimum atomic E-state index is -2.26. The highest BCUT2D eigenvalue weighted by Crippen LogP contribution is 2.34. The zero-order valence-corrected chi connectivity index (χ0v) is 59.8. The number of nitrogens with two attached hydrogens (primary N) is 2. The molecular formula is C61H71N19O13S7. The number of carbonyl (C=O) groups excluding carboxylic acids is 11. The first-order valence-electron chi connectivity index (χ1n) is 31.0. The van der Waals surface area contributed by atoms with E-state index in [1.165, 1.54) is 94.5 Å². The first kappa shape index (κ1) is 75.5. The van der Waals surface area contributed by atoms with Crippen LogP contribution in [0.3, 0.4) is 0 Å². The van der Waals surface area contributed by atoms with Crippen LogP contribution in [0.1, 0.15) is 97.8 Å². The van der Waals surface area contributed by atoms with E-state index in [4.69, 9.17) is 31.4 Å². The third-order valence-corrected chi connectivity index (χ3v) is 23.1. The number of primary amides is 1. The number of thioether (sulfide) groups is 4. The molecule has 6 aliphatic rings. The Kier molecular flexibility index (Phi) is 25.7. The summed E-state index contributed by atoms with van der Waals surface area (Å²) in [5.74, 6) is -11.2. The van der Waals surface area contributed by atoms with Gasteiger partial charge in [0.15, 0.2) is 4.87 Å². The molecule has 0 spiro atoms. The molecule has 4 aromatic heterocycles. The predicted molar refractivity (Wildman–Crippen MR) is 384 cm³/mol. The molecule has 14 bridgehead atoms. The predicted octanol–water partition coefficient (Wildman–Crippen LogP) is 0.783. The van der Waals surface area contributed by atoms with Crippen LogP contribution in [-0.2, 0) is 52.7 Å². The Morgan fingerprint density at radius 1 is 0.740 bits per heavy atom. The number of fused-ring (bicyclic) bond motifs is 8. The summed E-state index contributed by atoms with van der Waals surface area (Å²) in [6.45, 7) is 15.0. The number of carboxylic acids is 1. The van der Waals surface area contributed by atoms with Crippen LogP contribution in [0.2, 0.25) is 0 Å². The lowest BCUT2D eigenvalue weighted by molar-refractivity contribution is -0.141. The second-order valence-electron chi connectivity index (χ2n) is 23.1. The fraction of sp³-hybridized carbons (Fsp3) is 0.426. The molecule has 100 heavy (non-hydrogen) atoms. The van der Waals surface area contributed by atoms with Crippen LogP contribution >= 0.6 is 81.1 Å². The second kappa shape index (κ2) is 34.1. The molecule has 10 rings (SSSR count). The van der Waals surface area contributed by atoms with Gasteiger partial charge in [-0.25, -0.2) is 24.7 Å². The summed E-state index contributed by atoms with van der Waals surface area (Å²) in [4.78, 5) is 199. The number of aliphatic imine (C=N–C) groups is 3. The quantitative estimate of drug-likeness (QED) is 0.0659. The van der Waals surface area contributed by atoms with Gasteiger partial charge >= 0.3 is 5.97 Å². The van der Waals surface area contributed by atoms with Crippen LogP contribution in [0.25, 0.3) is 27.1 Å². The van der Waals surface area contributed by atoms with Crippen LogP contribution in [0.4, 0.5) is 0 Å². The van der Waals surface area contributed by atoms with Crippen molar-refractivity contribution < 1.29 is 62.6 Å². The van der Waals surface area contributed by atoms with Gasteiger partial charge in [-0.05, 0) is 78.3 Å². The first-order chi connectivity index (χ1) is 47.8. The first-order valence-corrected chi connectivity index (χ1v) is 37.8. The van der Waals surface area contributed by atoms with Crippen molar-refractivity contribution in [3.63, 3.8) is 0 Å². The van der Waals surface area contributed by atoms with Crippen LogP contribution in [0, 0.1) is 0 Å². The number of carbonyl (C=O) groups is 12. The van der Waals surface area contributed by atoms with Gasteiger partial charge in [0, 0.05) is 63.9 Å². The maximum absolute atomic E-state index is 14.9. The highest BCUT2D eigenvalue weighted by molar-refractivity contribution is 8.15. The molecule has 32 nitrogen and oxygen atoms in total. The number of aliphatic carboxylic acids is 1. The van der Waals surface area contributed by atoms with E-state index in [9.17, 15) is 62.6 Å². The van der Waals surface area contributed by atoms with E-state index in [1.807, 2.05) is 0 Å². The summed E-state index contributed by atoms with van der Waals surface area (Å²) < 4.78 is 0. The lowest BCUT2D eigenvalue weighted by Crippen LogP contribution is -2.60. The molecule has 11 amide bonds. The lowest BCUT2D eigenvalue weighted by atomic mass is 10.0. The van der Waals surface area contributed by atoms with Crippen molar-refractivity contribution in [3.05, 3.63) is 86.6 Å². The van der Waals surface area contributed by atoms with Gasteiger partial charge < -0.3 is 69.3 Å². The highest BCUT2D eigenvalue weighted by atomic mass is 32.2. The van der Waals surface area contributed by atoms with Gasteiger partial charge in [-0.15, -0.1) is 69.3 Å². The largest absolute Gasteiger partial charge is 0.480 e. The van der Waals surface area contributed by atoms with Crippen molar-refractivity contribution in [1.29, 1.82) is 0 Å². The molecule has 0 unspecified atom stereocenters. The van der Waals surface area contributed by atoms with Gasteiger partial charge in [0.25, 0.3) is 23.6 Å². The second-order valence-corrected chi connectivity index (χ2v) is 30.2. The summed E-state index contributed by atoms with van der Waals surface area (Å²) in [5.41, 5.74) is 12.4. The van der Waals surface area contributed by atoms with Gasteiger partial charge in [-0.3, -0.25) is 67.7 Å². The summed E-state index contributed by atoms with van der Waals surface area (Å²) in [7, 11) is 0. The van der Waals surface area contributed by atoms with Gasteiger partial charge in [0.1, 0.15) is 84.1 Å². The number of hydrogen-bond acceptors (Lipinski definition) is 27. The van der Waals surface area contributed by atoms with E-state index in [-0.39, 0.29) is 78.0 Å². The number of unbranched alkanes of at least 4 members (excludes halogenated alkanes) is 1. The van der Waals surface area contributed by atoms with Crippen molar-refractivity contribution in [2.45, 2.75) is 113 Å². The maximum Gasteiger partial charge on any atom is 0.327 e. The number of pyridine rings is 1. The number of nitrogens with zero attached hydrogens (tertiary/aromatic N) is 8. The highest BCUT2D eigenvalue weighted by Gasteiger charge is 2.42. The van der Waals surface area contributed by atoms with E-state index in [0.717, 1.165) is 11.8 Å². The van der Waals surface area contributed by atoms with Crippen LogP contribution in [0.5, 0.6) is 0 Å². The molecule has 1 saturated heterocycles. The summed E-state index contributed by atoms with van der Waals surface area (Å²) in [6.07, 6.45) is 1.86. The average Bonchev–Trinajstić information content (AvgIpc) is 1.39. The number of nitrogens with one attached hydrogen (secondary N) is 9. The molecule has 6 aliphatic heterocycles. The molecule has 14 N–H and O–H groups in total. The zero-order valence-electron chi connectivity index (χ0n) is 54.0. The summed E-state index contributed by atoms with van der Waals surface area (Å²) >= 11 is 7.74. The fourth-order valence-corrected chi connectivity index (χ4v) is 17.1. The minimum Gasteiger partial charge on any atom is -0.480 e. The maximum atomic E-state index is 14.9. The fourth-order valence-electron chi connectivity index (χ4n) is 10.4. The molecule has 4 aromatic rings. The van der Waals surface area contributed by atoms with E-state index in [2.05, 4.69) is 82.7 Å². The number of rotatable bonds is 8. The Morgan fingerprint density at radius 3 is 2.06 bits per heavy atom. The summed E-state index contributed by atoms with van der Waals surface area (Å²) in [6, 6.07) is -6.69. The number of amides is 11. The van der Waals surface area contributed by atoms with Gasteiger partial charge in [-0.1, -0.05) is 19.2 Å². The van der Waals surface area contributed by atoms with E-state index in [0.29, 0.717) is 66.8 Å². The molecule has 1 fully saturated rings. The van der Waals surface area contributed by atoms with E-state index < -0.39 is 154 Å². The lowest BCUT2D eigenvalue weighted by Gasteiger charge is -2.32. The molecule has 0 aromatic carbocycles.